The Labute approximate surface area is 114 Å². The number of carbonyl (C=O) groups is 2. The lowest BCUT2D eigenvalue weighted by Gasteiger charge is -2.22. The van der Waals surface area contributed by atoms with Crippen molar-refractivity contribution in [3.05, 3.63) is 0 Å². The van der Waals surface area contributed by atoms with E-state index in [0.717, 1.165) is 25.9 Å². The van der Waals surface area contributed by atoms with Crippen molar-refractivity contribution in [2.75, 3.05) is 13.1 Å². The molecule has 6 nitrogen and oxygen atoms in total. The summed E-state index contributed by atoms with van der Waals surface area (Å²) in [5.41, 5.74) is -0.627. The molecule has 0 aliphatic heterocycles. The number of nitrogens with one attached hydrogen (secondary N) is 2. The Morgan fingerprint density at radius 2 is 1.89 bits per heavy atom. The summed E-state index contributed by atoms with van der Waals surface area (Å²) >= 11 is 0. The van der Waals surface area contributed by atoms with Crippen molar-refractivity contribution in [3.63, 3.8) is 0 Å². The third-order valence-corrected chi connectivity index (χ3v) is 2.34. The van der Waals surface area contributed by atoms with Gasteiger partial charge in [-0.2, -0.15) is 0 Å². The van der Waals surface area contributed by atoms with Crippen molar-refractivity contribution in [2.24, 2.45) is 0 Å². The van der Waals surface area contributed by atoms with Crippen LogP contribution in [0.25, 0.3) is 0 Å². The molecule has 1 atom stereocenters. The number of amides is 1. The predicted molar refractivity (Wildman–Crippen MR) is 73.2 cm³/mol. The van der Waals surface area contributed by atoms with Crippen molar-refractivity contribution in [1.29, 1.82) is 0 Å². The highest BCUT2D eigenvalue weighted by Gasteiger charge is 2.23. The summed E-state index contributed by atoms with van der Waals surface area (Å²) in [5.74, 6) is -1.03. The second kappa shape index (κ2) is 8.74. The smallest absolute Gasteiger partial charge is 0.408 e. The van der Waals surface area contributed by atoms with Crippen LogP contribution in [0.2, 0.25) is 0 Å². The average molecular weight is 274 g/mol. The maximum atomic E-state index is 11.5. The van der Waals surface area contributed by atoms with Gasteiger partial charge in [0.2, 0.25) is 0 Å². The molecule has 0 saturated heterocycles. The highest BCUT2D eigenvalue weighted by atomic mass is 16.6. The lowest BCUT2D eigenvalue weighted by molar-refractivity contribution is -0.139. The van der Waals surface area contributed by atoms with Crippen LogP contribution in [0, 0.1) is 0 Å². The molecule has 0 aliphatic rings. The van der Waals surface area contributed by atoms with Crippen LogP contribution in [0.3, 0.4) is 0 Å². The van der Waals surface area contributed by atoms with Crippen LogP contribution in [0.5, 0.6) is 0 Å². The van der Waals surface area contributed by atoms with Crippen molar-refractivity contribution < 1.29 is 19.4 Å². The van der Waals surface area contributed by atoms with Crippen LogP contribution in [0.4, 0.5) is 4.79 Å². The Bertz CT molecular complexity index is 287. The number of aliphatic carboxylic acids is 1. The minimum atomic E-state index is -1.03. The van der Waals surface area contributed by atoms with E-state index in [2.05, 4.69) is 10.6 Å². The minimum absolute atomic E-state index is 0.403. The van der Waals surface area contributed by atoms with Gasteiger partial charge in [0.25, 0.3) is 0 Å². The van der Waals surface area contributed by atoms with E-state index in [0.29, 0.717) is 6.42 Å². The van der Waals surface area contributed by atoms with Crippen LogP contribution in [0.1, 0.15) is 47.0 Å². The Kier molecular flexibility index (Phi) is 8.14. The van der Waals surface area contributed by atoms with Gasteiger partial charge in [0, 0.05) is 0 Å². The van der Waals surface area contributed by atoms with Crippen molar-refractivity contribution in [1.82, 2.24) is 10.6 Å². The van der Waals surface area contributed by atoms with E-state index < -0.39 is 23.7 Å². The zero-order valence-electron chi connectivity index (χ0n) is 12.3. The molecule has 0 aromatic carbocycles. The number of ether oxygens (including phenoxy) is 1. The second-order valence-corrected chi connectivity index (χ2v) is 5.39. The zero-order valence-corrected chi connectivity index (χ0v) is 12.3. The summed E-state index contributed by atoms with van der Waals surface area (Å²) in [7, 11) is 0. The molecule has 19 heavy (non-hydrogen) atoms. The van der Waals surface area contributed by atoms with Crippen molar-refractivity contribution in [3.8, 4) is 0 Å². The lowest BCUT2D eigenvalue weighted by Crippen LogP contribution is -2.43. The third kappa shape index (κ3) is 10.3. The number of carboxylic acid groups (broad SMARTS) is 1. The Morgan fingerprint density at radius 3 is 2.37 bits per heavy atom. The number of hydrogen-bond donors (Lipinski definition) is 3. The quantitative estimate of drug-likeness (QED) is 0.587. The Morgan fingerprint density at radius 1 is 1.26 bits per heavy atom. The number of alkyl carbamates (subject to hydrolysis) is 1. The summed E-state index contributed by atoms with van der Waals surface area (Å²) in [6, 6.07) is -0.892. The number of carboxylic acids is 1. The average Bonchev–Trinajstić information content (AvgIpc) is 2.24. The van der Waals surface area contributed by atoms with Gasteiger partial charge in [0.15, 0.2) is 0 Å². The zero-order chi connectivity index (χ0) is 14.9. The van der Waals surface area contributed by atoms with E-state index in [1.807, 2.05) is 6.92 Å². The summed E-state index contributed by atoms with van der Waals surface area (Å²) < 4.78 is 5.04. The monoisotopic (exact) mass is 274 g/mol. The first-order valence-corrected chi connectivity index (χ1v) is 6.69. The van der Waals surface area contributed by atoms with Crippen molar-refractivity contribution in [2.45, 2.75) is 58.6 Å². The normalized spacial score (nSPS) is 12.8. The standard InChI is InChI=1S/C13H26N2O4/c1-5-14-9-7-6-8-10(11(16)17)15-12(18)19-13(2,3)4/h10,14H,5-9H2,1-4H3,(H,15,18)(H,16,17)/t10-/m0/s1. The van der Waals surface area contributed by atoms with E-state index in [4.69, 9.17) is 9.84 Å². The van der Waals surface area contributed by atoms with Gasteiger partial charge in [-0.25, -0.2) is 9.59 Å². The molecule has 0 radical (unpaired) electrons. The highest BCUT2D eigenvalue weighted by Crippen LogP contribution is 2.08. The first-order chi connectivity index (χ1) is 8.76. The predicted octanol–water partition coefficient (Wildman–Crippen LogP) is 1.74. The fourth-order valence-electron chi connectivity index (χ4n) is 1.48. The van der Waals surface area contributed by atoms with E-state index in [-0.39, 0.29) is 0 Å². The Balaban J connectivity index is 4.05. The summed E-state index contributed by atoms with van der Waals surface area (Å²) in [6.45, 7) is 8.98. The summed E-state index contributed by atoms with van der Waals surface area (Å²) in [4.78, 5) is 22.5. The maximum Gasteiger partial charge on any atom is 0.408 e. The second-order valence-electron chi connectivity index (χ2n) is 5.39. The number of unbranched alkanes of at least 4 members (excludes halogenated alkanes) is 1. The van der Waals surface area contributed by atoms with Crippen LogP contribution >= 0.6 is 0 Å². The topological polar surface area (TPSA) is 87.7 Å². The van der Waals surface area contributed by atoms with Gasteiger partial charge < -0.3 is 20.5 Å². The Hall–Kier alpha value is -1.30. The molecule has 0 aromatic heterocycles. The number of carbonyl (C=O) groups excluding carboxylic acids is 1. The van der Waals surface area contributed by atoms with Gasteiger partial charge in [-0.05, 0) is 53.1 Å². The van der Waals surface area contributed by atoms with E-state index >= 15 is 0 Å². The van der Waals surface area contributed by atoms with Crippen LogP contribution in [0.15, 0.2) is 0 Å². The van der Waals surface area contributed by atoms with Gasteiger partial charge in [-0.1, -0.05) is 6.92 Å². The van der Waals surface area contributed by atoms with Gasteiger partial charge in [0.1, 0.15) is 11.6 Å². The molecule has 0 fully saturated rings. The molecule has 0 aromatic rings. The van der Waals surface area contributed by atoms with Gasteiger partial charge in [-0.15, -0.1) is 0 Å². The molecule has 1 amide bonds. The molecular weight excluding hydrogens is 248 g/mol. The minimum Gasteiger partial charge on any atom is -0.480 e. The fraction of sp³-hybridized carbons (Fsp3) is 0.846. The van der Waals surface area contributed by atoms with E-state index in [9.17, 15) is 9.59 Å². The molecule has 0 unspecified atom stereocenters. The molecule has 112 valence electrons. The molecule has 6 heteroatoms. The first kappa shape index (κ1) is 17.7. The molecule has 0 bridgehead atoms. The largest absolute Gasteiger partial charge is 0.480 e. The van der Waals surface area contributed by atoms with Crippen LogP contribution in [-0.4, -0.2) is 41.9 Å². The molecular formula is C13H26N2O4. The SMILES string of the molecule is CCNCCCC[C@H](NC(=O)OC(C)(C)C)C(=O)O. The van der Waals surface area contributed by atoms with E-state index in [1.54, 1.807) is 20.8 Å². The molecule has 0 heterocycles. The summed E-state index contributed by atoms with van der Waals surface area (Å²) in [5, 5.41) is 14.6. The first-order valence-electron chi connectivity index (χ1n) is 6.69. The molecule has 0 aliphatic carbocycles. The number of hydrogen-bond acceptors (Lipinski definition) is 4. The third-order valence-electron chi connectivity index (χ3n) is 2.34. The molecule has 0 spiro atoms. The molecule has 0 saturated carbocycles. The van der Waals surface area contributed by atoms with Crippen LogP contribution < -0.4 is 10.6 Å². The molecule has 3 N–H and O–H groups in total. The highest BCUT2D eigenvalue weighted by molar-refractivity contribution is 5.79. The maximum absolute atomic E-state index is 11.5. The lowest BCUT2D eigenvalue weighted by atomic mass is 10.1. The number of rotatable bonds is 8. The fourth-order valence-corrected chi connectivity index (χ4v) is 1.48. The molecule has 0 rings (SSSR count). The van der Waals surface area contributed by atoms with Gasteiger partial charge in [0.05, 0.1) is 0 Å². The van der Waals surface area contributed by atoms with Gasteiger partial charge >= 0.3 is 12.1 Å². The van der Waals surface area contributed by atoms with Crippen molar-refractivity contribution >= 4 is 12.1 Å². The van der Waals surface area contributed by atoms with E-state index in [1.165, 1.54) is 0 Å². The van der Waals surface area contributed by atoms with Gasteiger partial charge in [-0.3, -0.25) is 0 Å². The van der Waals surface area contributed by atoms with Crippen LogP contribution in [-0.2, 0) is 9.53 Å². The summed E-state index contributed by atoms with van der Waals surface area (Å²) in [6.07, 6.45) is 1.33.